The minimum absolute atomic E-state index is 0.829. The average molecular weight is 268 g/mol. The zero-order valence-electron chi connectivity index (χ0n) is 12.5. The fourth-order valence-corrected chi connectivity index (χ4v) is 3.25. The molecule has 19 heavy (non-hydrogen) atoms. The van der Waals surface area contributed by atoms with Crippen LogP contribution >= 0.6 is 0 Å². The van der Waals surface area contributed by atoms with Gasteiger partial charge in [-0.25, -0.2) is 0 Å². The first-order valence-corrected chi connectivity index (χ1v) is 8.25. The molecule has 2 fully saturated rings. The molecule has 2 aliphatic rings. The topological polar surface area (TPSA) is 35.7 Å². The maximum absolute atomic E-state index is 5.57. The fourth-order valence-electron chi connectivity index (χ4n) is 3.25. The Kier molecular flexibility index (Phi) is 7.14. The average Bonchev–Trinajstić information content (AvgIpc) is 2.47. The molecule has 0 aromatic carbocycles. The van der Waals surface area contributed by atoms with Gasteiger partial charge in [0.2, 0.25) is 0 Å². The van der Waals surface area contributed by atoms with Crippen LogP contribution in [0, 0.1) is 0 Å². The van der Waals surface area contributed by atoms with Gasteiger partial charge in [0.1, 0.15) is 0 Å². The van der Waals surface area contributed by atoms with Crippen molar-refractivity contribution in [2.45, 2.75) is 32.1 Å². The van der Waals surface area contributed by atoms with Crippen LogP contribution in [0.1, 0.15) is 32.1 Å². The molecule has 0 radical (unpaired) electrons. The molecule has 0 aromatic heterocycles. The van der Waals surface area contributed by atoms with E-state index < -0.39 is 0 Å². The molecule has 0 unspecified atom stereocenters. The van der Waals surface area contributed by atoms with E-state index in [1.54, 1.807) is 0 Å². The lowest BCUT2D eigenvalue weighted by Gasteiger charge is -2.35. The van der Waals surface area contributed by atoms with Gasteiger partial charge < -0.3 is 20.4 Å². The van der Waals surface area contributed by atoms with Gasteiger partial charge in [-0.15, -0.1) is 0 Å². The summed E-state index contributed by atoms with van der Waals surface area (Å²) in [7, 11) is 0. The number of likely N-dealkylation sites (tertiary alicyclic amines) is 1. The molecule has 2 aliphatic heterocycles. The predicted molar refractivity (Wildman–Crippen MR) is 81.5 cm³/mol. The molecule has 0 spiro atoms. The normalized spacial score (nSPS) is 23.8. The summed E-state index contributed by atoms with van der Waals surface area (Å²) in [5, 5.41) is 0. The van der Waals surface area contributed by atoms with Crippen LogP contribution in [-0.2, 0) is 0 Å². The lowest BCUT2D eigenvalue weighted by atomic mass is 10.1. The van der Waals surface area contributed by atoms with Crippen molar-refractivity contribution < 1.29 is 0 Å². The van der Waals surface area contributed by atoms with Crippen LogP contribution in [-0.4, -0.2) is 80.1 Å². The van der Waals surface area contributed by atoms with Crippen LogP contribution in [0.5, 0.6) is 0 Å². The number of piperazine rings is 1. The van der Waals surface area contributed by atoms with Gasteiger partial charge in [-0.1, -0.05) is 6.42 Å². The molecule has 4 nitrogen and oxygen atoms in total. The van der Waals surface area contributed by atoms with E-state index in [4.69, 9.17) is 5.73 Å². The summed E-state index contributed by atoms with van der Waals surface area (Å²) in [5.74, 6) is 0. The Balaban J connectivity index is 1.50. The van der Waals surface area contributed by atoms with Crippen molar-refractivity contribution in [3.63, 3.8) is 0 Å². The number of piperidine rings is 1. The molecular formula is C15H32N4. The summed E-state index contributed by atoms with van der Waals surface area (Å²) < 4.78 is 0. The molecule has 4 heteroatoms. The summed E-state index contributed by atoms with van der Waals surface area (Å²) in [6.45, 7) is 12.3. The van der Waals surface area contributed by atoms with Crippen molar-refractivity contribution in [3.05, 3.63) is 0 Å². The number of rotatable bonds is 7. The first-order chi connectivity index (χ1) is 9.38. The summed E-state index contributed by atoms with van der Waals surface area (Å²) >= 11 is 0. The van der Waals surface area contributed by atoms with Gasteiger partial charge in [-0.05, 0) is 65.0 Å². The molecule has 0 atom stereocenters. The number of nitrogens with two attached hydrogens (primary N) is 1. The molecule has 0 aromatic rings. The van der Waals surface area contributed by atoms with Crippen LogP contribution in [0.4, 0.5) is 0 Å². The van der Waals surface area contributed by atoms with E-state index in [1.807, 2.05) is 0 Å². The van der Waals surface area contributed by atoms with Crippen molar-refractivity contribution in [1.29, 1.82) is 0 Å². The summed E-state index contributed by atoms with van der Waals surface area (Å²) in [6.07, 6.45) is 6.78. The van der Waals surface area contributed by atoms with E-state index in [0.717, 1.165) is 13.0 Å². The standard InChI is InChI=1S/C15H32N4/c16-6-4-9-18-12-14-19(15-13-18)11-5-10-17-7-2-1-3-8-17/h1-16H2. The highest BCUT2D eigenvalue weighted by Gasteiger charge is 2.16. The molecule has 2 rings (SSSR count). The smallest absolute Gasteiger partial charge is 0.0110 e. The predicted octanol–water partition coefficient (Wildman–Crippen LogP) is 0.829. The number of hydrogen-bond acceptors (Lipinski definition) is 4. The van der Waals surface area contributed by atoms with Crippen molar-refractivity contribution >= 4 is 0 Å². The lowest BCUT2D eigenvalue weighted by molar-refractivity contribution is 0.124. The third-order valence-corrected chi connectivity index (χ3v) is 4.54. The zero-order valence-corrected chi connectivity index (χ0v) is 12.5. The van der Waals surface area contributed by atoms with Gasteiger partial charge in [0.25, 0.3) is 0 Å². The minimum Gasteiger partial charge on any atom is -0.330 e. The van der Waals surface area contributed by atoms with E-state index in [0.29, 0.717) is 0 Å². The second kappa shape index (κ2) is 8.90. The summed E-state index contributed by atoms with van der Waals surface area (Å²) in [6, 6.07) is 0. The number of nitrogens with zero attached hydrogens (tertiary/aromatic N) is 3. The highest BCUT2D eigenvalue weighted by atomic mass is 15.3. The molecule has 2 heterocycles. The van der Waals surface area contributed by atoms with Crippen molar-refractivity contribution in [2.24, 2.45) is 5.73 Å². The van der Waals surface area contributed by atoms with Crippen molar-refractivity contribution in [2.75, 3.05) is 65.4 Å². The van der Waals surface area contributed by atoms with E-state index in [2.05, 4.69) is 14.7 Å². The highest BCUT2D eigenvalue weighted by molar-refractivity contribution is 4.73. The lowest BCUT2D eigenvalue weighted by Crippen LogP contribution is -2.47. The second-order valence-electron chi connectivity index (χ2n) is 6.08. The first-order valence-electron chi connectivity index (χ1n) is 8.25. The molecule has 2 N–H and O–H groups in total. The third kappa shape index (κ3) is 5.78. The Hall–Kier alpha value is -0.160. The van der Waals surface area contributed by atoms with Gasteiger partial charge in [0.15, 0.2) is 0 Å². The van der Waals surface area contributed by atoms with Gasteiger partial charge in [0, 0.05) is 26.2 Å². The van der Waals surface area contributed by atoms with Crippen LogP contribution in [0.3, 0.4) is 0 Å². The largest absolute Gasteiger partial charge is 0.330 e. The first kappa shape index (κ1) is 15.2. The molecule has 112 valence electrons. The Morgan fingerprint density at radius 1 is 0.579 bits per heavy atom. The molecule has 0 aliphatic carbocycles. The molecule has 0 saturated carbocycles. The number of hydrogen-bond donors (Lipinski definition) is 1. The highest BCUT2D eigenvalue weighted by Crippen LogP contribution is 2.09. The van der Waals surface area contributed by atoms with Gasteiger partial charge in [-0.2, -0.15) is 0 Å². The van der Waals surface area contributed by atoms with E-state index in [9.17, 15) is 0 Å². The Morgan fingerprint density at radius 2 is 1.05 bits per heavy atom. The van der Waals surface area contributed by atoms with Gasteiger partial charge in [-0.3, -0.25) is 0 Å². The van der Waals surface area contributed by atoms with Crippen LogP contribution in [0.15, 0.2) is 0 Å². The minimum atomic E-state index is 0.829. The fraction of sp³-hybridized carbons (Fsp3) is 1.00. The van der Waals surface area contributed by atoms with Crippen LogP contribution in [0.25, 0.3) is 0 Å². The zero-order chi connectivity index (χ0) is 13.3. The van der Waals surface area contributed by atoms with E-state index in [1.165, 1.54) is 84.6 Å². The van der Waals surface area contributed by atoms with Crippen LogP contribution < -0.4 is 5.73 Å². The SMILES string of the molecule is NCCCN1CCN(CCCN2CCCCC2)CC1. The summed E-state index contributed by atoms with van der Waals surface area (Å²) in [4.78, 5) is 7.86. The maximum Gasteiger partial charge on any atom is 0.0110 e. The van der Waals surface area contributed by atoms with Crippen LogP contribution in [0.2, 0.25) is 0 Å². The molecule has 0 bridgehead atoms. The van der Waals surface area contributed by atoms with Gasteiger partial charge >= 0.3 is 0 Å². The van der Waals surface area contributed by atoms with Crippen molar-refractivity contribution in [3.8, 4) is 0 Å². The molecular weight excluding hydrogens is 236 g/mol. The third-order valence-electron chi connectivity index (χ3n) is 4.54. The Labute approximate surface area is 118 Å². The quantitative estimate of drug-likeness (QED) is 0.742. The molecule has 2 saturated heterocycles. The van der Waals surface area contributed by atoms with Crippen molar-refractivity contribution in [1.82, 2.24) is 14.7 Å². The Bertz CT molecular complexity index is 220. The maximum atomic E-state index is 5.57. The van der Waals surface area contributed by atoms with E-state index in [-0.39, 0.29) is 0 Å². The van der Waals surface area contributed by atoms with E-state index >= 15 is 0 Å². The van der Waals surface area contributed by atoms with Gasteiger partial charge in [0.05, 0.1) is 0 Å². The second-order valence-corrected chi connectivity index (χ2v) is 6.08. The monoisotopic (exact) mass is 268 g/mol. The Morgan fingerprint density at radius 3 is 1.58 bits per heavy atom. The summed E-state index contributed by atoms with van der Waals surface area (Å²) in [5.41, 5.74) is 5.57. The molecule has 0 amide bonds.